The number of rotatable bonds is 3. The summed E-state index contributed by atoms with van der Waals surface area (Å²) in [5.41, 5.74) is 3.05. The topological polar surface area (TPSA) is 68.9 Å². The van der Waals surface area contributed by atoms with E-state index in [0.29, 0.717) is 11.5 Å². The van der Waals surface area contributed by atoms with Crippen LogP contribution >= 0.6 is 0 Å². The summed E-state index contributed by atoms with van der Waals surface area (Å²) >= 11 is 0. The Hall–Kier alpha value is -1.60. The first-order valence-corrected chi connectivity index (χ1v) is 7.11. The zero-order valence-electron chi connectivity index (χ0n) is 11.0. The van der Waals surface area contributed by atoms with Gasteiger partial charge in [0.15, 0.2) is 0 Å². The molecule has 4 nitrogen and oxygen atoms in total. The lowest BCUT2D eigenvalue weighted by atomic mass is 9.82. The second-order valence-electron chi connectivity index (χ2n) is 5.68. The largest absolute Gasteiger partial charge is 0.393 e. The maximum Gasteiger partial charge on any atom is 0.144 e. The lowest BCUT2D eigenvalue weighted by molar-refractivity contribution is 0.0486. The number of aliphatic hydroxyl groups excluding tert-OH is 1. The quantitative estimate of drug-likeness (QED) is 0.869. The molecule has 1 heterocycles. The maximum atomic E-state index is 9.28. The monoisotopic (exact) mass is 257 g/mol. The van der Waals surface area contributed by atoms with Crippen LogP contribution in [0.4, 0.5) is 5.82 Å². The molecule has 1 aromatic rings. The smallest absolute Gasteiger partial charge is 0.144 e. The van der Waals surface area contributed by atoms with E-state index in [1.54, 1.807) is 0 Å². The van der Waals surface area contributed by atoms with Crippen LogP contribution < -0.4 is 5.32 Å². The second-order valence-corrected chi connectivity index (χ2v) is 5.68. The van der Waals surface area contributed by atoms with Gasteiger partial charge < -0.3 is 10.4 Å². The van der Waals surface area contributed by atoms with Crippen LogP contribution in [0, 0.1) is 17.2 Å². The van der Waals surface area contributed by atoms with E-state index in [1.807, 2.05) is 6.07 Å². The summed E-state index contributed by atoms with van der Waals surface area (Å²) in [5, 5.41) is 21.8. The number of aliphatic hydroxyl groups is 1. The molecule has 0 saturated heterocycles. The van der Waals surface area contributed by atoms with Crippen LogP contribution in [0.5, 0.6) is 0 Å². The van der Waals surface area contributed by atoms with Crippen LogP contribution in [0.25, 0.3) is 0 Å². The van der Waals surface area contributed by atoms with Gasteiger partial charge in [0, 0.05) is 12.2 Å². The number of nitriles is 1. The summed E-state index contributed by atoms with van der Waals surface area (Å²) in [4.78, 5) is 4.64. The van der Waals surface area contributed by atoms with E-state index in [-0.39, 0.29) is 6.10 Å². The van der Waals surface area contributed by atoms with Crippen molar-refractivity contribution in [2.75, 3.05) is 11.9 Å². The number of aromatic nitrogens is 1. The standard InChI is InChI=1S/C15H19N3O/c16-8-12-7-11-3-1-2-4-14(11)18-15(12)17-9-10-5-13(19)6-10/h7,10,13,19H,1-6,9H2,(H,17,18). The van der Waals surface area contributed by atoms with Gasteiger partial charge in [-0.25, -0.2) is 4.98 Å². The van der Waals surface area contributed by atoms with Crippen molar-refractivity contribution in [1.82, 2.24) is 4.98 Å². The molecule has 19 heavy (non-hydrogen) atoms. The Labute approximate surface area is 113 Å². The molecule has 2 aliphatic rings. The van der Waals surface area contributed by atoms with Crippen LogP contribution in [-0.2, 0) is 12.8 Å². The van der Waals surface area contributed by atoms with Gasteiger partial charge in [0.2, 0.25) is 0 Å². The highest BCUT2D eigenvalue weighted by Crippen LogP contribution is 2.28. The van der Waals surface area contributed by atoms with Crippen LogP contribution in [0.3, 0.4) is 0 Å². The van der Waals surface area contributed by atoms with Crippen LogP contribution in [0.15, 0.2) is 6.07 Å². The Kier molecular flexibility index (Phi) is 3.39. The second kappa shape index (κ2) is 5.18. The zero-order valence-corrected chi connectivity index (χ0v) is 11.0. The molecule has 0 unspecified atom stereocenters. The lowest BCUT2D eigenvalue weighted by Gasteiger charge is -2.31. The summed E-state index contributed by atoms with van der Waals surface area (Å²) in [5.74, 6) is 1.24. The highest BCUT2D eigenvalue weighted by molar-refractivity contribution is 5.54. The average molecular weight is 257 g/mol. The van der Waals surface area contributed by atoms with E-state index in [2.05, 4.69) is 16.4 Å². The Morgan fingerprint density at radius 1 is 1.37 bits per heavy atom. The number of fused-ring (bicyclic) bond motifs is 1. The summed E-state index contributed by atoms with van der Waals surface area (Å²) < 4.78 is 0. The number of nitrogens with one attached hydrogen (secondary N) is 1. The van der Waals surface area contributed by atoms with Crippen molar-refractivity contribution < 1.29 is 5.11 Å². The summed E-state index contributed by atoms with van der Waals surface area (Å²) in [6.07, 6.45) is 6.06. The van der Waals surface area contributed by atoms with E-state index < -0.39 is 0 Å². The van der Waals surface area contributed by atoms with Crippen LogP contribution in [0.1, 0.15) is 42.5 Å². The van der Waals surface area contributed by atoms with Crippen molar-refractivity contribution in [3.63, 3.8) is 0 Å². The van der Waals surface area contributed by atoms with E-state index in [4.69, 9.17) is 0 Å². The van der Waals surface area contributed by atoms with E-state index in [9.17, 15) is 10.4 Å². The van der Waals surface area contributed by atoms with Crippen molar-refractivity contribution in [2.24, 2.45) is 5.92 Å². The normalized spacial score (nSPS) is 25.1. The molecule has 0 atom stereocenters. The molecule has 2 aliphatic carbocycles. The predicted octanol–water partition coefficient (Wildman–Crippen LogP) is 2.01. The first-order valence-electron chi connectivity index (χ1n) is 7.11. The number of hydrogen-bond donors (Lipinski definition) is 2. The predicted molar refractivity (Wildman–Crippen MR) is 72.8 cm³/mol. The van der Waals surface area contributed by atoms with Crippen molar-refractivity contribution in [3.8, 4) is 6.07 Å². The fourth-order valence-corrected chi connectivity index (χ4v) is 2.96. The lowest BCUT2D eigenvalue weighted by Crippen LogP contribution is -2.33. The van der Waals surface area contributed by atoms with Crippen molar-refractivity contribution in [3.05, 3.63) is 22.9 Å². The molecule has 100 valence electrons. The number of nitrogens with zero attached hydrogens (tertiary/aromatic N) is 2. The fourth-order valence-electron chi connectivity index (χ4n) is 2.96. The molecule has 0 aliphatic heterocycles. The zero-order chi connectivity index (χ0) is 13.2. The van der Waals surface area contributed by atoms with Gasteiger partial charge in [-0.1, -0.05) is 0 Å². The minimum absolute atomic E-state index is 0.126. The van der Waals surface area contributed by atoms with Gasteiger partial charge in [0.25, 0.3) is 0 Å². The molecule has 1 aromatic heterocycles. The van der Waals surface area contributed by atoms with Crippen LogP contribution in [0.2, 0.25) is 0 Å². The molecule has 1 fully saturated rings. The molecule has 3 rings (SSSR count). The van der Waals surface area contributed by atoms with Gasteiger partial charge in [0.05, 0.1) is 11.7 Å². The fraction of sp³-hybridized carbons (Fsp3) is 0.600. The van der Waals surface area contributed by atoms with Crippen LogP contribution in [-0.4, -0.2) is 22.7 Å². The summed E-state index contributed by atoms with van der Waals surface area (Å²) in [6, 6.07) is 4.24. The molecule has 0 bridgehead atoms. The number of hydrogen-bond acceptors (Lipinski definition) is 4. The molecule has 0 spiro atoms. The Balaban J connectivity index is 1.74. The van der Waals surface area contributed by atoms with Gasteiger partial charge >= 0.3 is 0 Å². The third-order valence-electron chi connectivity index (χ3n) is 4.19. The summed E-state index contributed by atoms with van der Waals surface area (Å²) in [6.45, 7) is 0.803. The Bertz CT molecular complexity index is 515. The molecular formula is C15H19N3O. The Morgan fingerprint density at radius 2 is 2.16 bits per heavy atom. The number of pyridine rings is 1. The SMILES string of the molecule is N#Cc1cc2c(nc1NCC1CC(O)C1)CCCC2. The third-order valence-corrected chi connectivity index (χ3v) is 4.19. The van der Waals surface area contributed by atoms with Crippen molar-refractivity contribution in [2.45, 2.75) is 44.6 Å². The average Bonchev–Trinajstić information content (AvgIpc) is 2.41. The highest BCUT2D eigenvalue weighted by Gasteiger charge is 2.27. The number of aryl methyl sites for hydroxylation is 2. The maximum absolute atomic E-state index is 9.28. The molecule has 1 saturated carbocycles. The summed E-state index contributed by atoms with van der Waals surface area (Å²) in [7, 11) is 0. The van der Waals surface area contributed by atoms with E-state index in [0.717, 1.165) is 43.7 Å². The van der Waals surface area contributed by atoms with Crippen molar-refractivity contribution >= 4 is 5.82 Å². The van der Waals surface area contributed by atoms with Gasteiger partial charge in [-0.15, -0.1) is 0 Å². The molecule has 0 aromatic carbocycles. The number of anilines is 1. The van der Waals surface area contributed by atoms with Gasteiger partial charge in [-0.3, -0.25) is 0 Å². The first-order chi connectivity index (χ1) is 9.26. The molecule has 4 heteroatoms. The first kappa shape index (κ1) is 12.4. The molecule has 2 N–H and O–H groups in total. The molecular weight excluding hydrogens is 238 g/mol. The Morgan fingerprint density at radius 3 is 2.89 bits per heavy atom. The highest BCUT2D eigenvalue weighted by atomic mass is 16.3. The van der Waals surface area contributed by atoms with Gasteiger partial charge in [-0.05, 0) is 56.1 Å². The third kappa shape index (κ3) is 2.57. The minimum Gasteiger partial charge on any atom is -0.393 e. The van der Waals surface area contributed by atoms with E-state index >= 15 is 0 Å². The van der Waals surface area contributed by atoms with E-state index in [1.165, 1.54) is 18.4 Å². The molecule has 0 amide bonds. The van der Waals surface area contributed by atoms with Gasteiger partial charge in [-0.2, -0.15) is 5.26 Å². The minimum atomic E-state index is -0.126. The van der Waals surface area contributed by atoms with Crippen molar-refractivity contribution in [1.29, 1.82) is 5.26 Å². The molecule has 0 radical (unpaired) electrons. The van der Waals surface area contributed by atoms with Gasteiger partial charge in [0.1, 0.15) is 11.9 Å².